The van der Waals surface area contributed by atoms with E-state index >= 15 is 0 Å². The van der Waals surface area contributed by atoms with Crippen molar-refractivity contribution in [2.24, 2.45) is 10.6 Å². The van der Waals surface area contributed by atoms with Gasteiger partial charge >= 0.3 is 0 Å². The molecule has 0 radical (unpaired) electrons. The zero-order valence-corrected chi connectivity index (χ0v) is 10.2. The van der Waals surface area contributed by atoms with E-state index < -0.39 is 20.5 Å². The monoisotopic (exact) mass is 221 g/mol. The van der Waals surface area contributed by atoms with Crippen LogP contribution in [0.5, 0.6) is 0 Å². The van der Waals surface area contributed by atoms with Gasteiger partial charge < -0.3 is 5.21 Å². The van der Waals surface area contributed by atoms with Crippen LogP contribution in [0.2, 0.25) is 0 Å². The fourth-order valence-corrected chi connectivity index (χ4v) is 2.81. The highest BCUT2D eigenvalue weighted by Gasteiger charge is 2.33. The molecule has 0 spiro atoms. The van der Waals surface area contributed by atoms with Gasteiger partial charge in [-0.1, -0.05) is 32.9 Å². The lowest BCUT2D eigenvalue weighted by Gasteiger charge is -2.25. The van der Waals surface area contributed by atoms with Crippen LogP contribution in [0.1, 0.15) is 34.1 Å². The molecule has 0 aromatic heterocycles. The van der Waals surface area contributed by atoms with Crippen molar-refractivity contribution in [3.8, 4) is 0 Å². The van der Waals surface area contributed by atoms with Gasteiger partial charge in [-0.25, -0.2) is 8.42 Å². The maximum atomic E-state index is 11.4. The molecule has 1 atom stereocenters. The zero-order chi connectivity index (χ0) is 11.6. The third-order valence-electron chi connectivity index (χ3n) is 2.07. The van der Waals surface area contributed by atoms with Crippen molar-refractivity contribution in [1.82, 2.24) is 0 Å². The fraction of sp³-hybridized carbons (Fsp3) is 0.889. The van der Waals surface area contributed by atoms with Crippen LogP contribution >= 0.6 is 0 Å². The summed E-state index contributed by atoms with van der Waals surface area (Å²) in [5.74, 6) is 0. The predicted octanol–water partition coefficient (Wildman–Crippen LogP) is 1.69. The maximum absolute atomic E-state index is 11.4. The first-order valence-electron chi connectivity index (χ1n) is 4.55. The Balaban J connectivity index is 5.25. The minimum absolute atomic E-state index is 0.322. The zero-order valence-electron chi connectivity index (χ0n) is 9.40. The molecule has 0 amide bonds. The first-order chi connectivity index (χ1) is 6.14. The Hall–Kier alpha value is -0.580. The third-order valence-corrected chi connectivity index (χ3v) is 3.66. The Morgan fingerprint density at radius 2 is 1.86 bits per heavy atom. The van der Waals surface area contributed by atoms with Crippen LogP contribution in [0.15, 0.2) is 5.16 Å². The largest absolute Gasteiger partial charge is 0.411 e. The topological polar surface area (TPSA) is 66.7 Å². The molecule has 0 aromatic rings. The molecular formula is C9H19NO3S. The van der Waals surface area contributed by atoms with E-state index in [1.165, 1.54) is 0 Å². The molecular weight excluding hydrogens is 202 g/mol. The van der Waals surface area contributed by atoms with Crippen molar-refractivity contribution in [3.05, 3.63) is 0 Å². The maximum Gasteiger partial charge on any atom is 0.155 e. The van der Waals surface area contributed by atoms with Crippen molar-refractivity contribution in [1.29, 1.82) is 0 Å². The van der Waals surface area contributed by atoms with Gasteiger partial charge in [0.15, 0.2) is 9.84 Å². The Kier molecular flexibility index (Phi) is 4.12. The number of hydrogen-bond acceptors (Lipinski definition) is 4. The number of nitrogens with zero attached hydrogens (tertiary/aromatic N) is 1. The number of oxime groups is 1. The van der Waals surface area contributed by atoms with Crippen LogP contribution in [0, 0.1) is 5.41 Å². The summed E-state index contributed by atoms with van der Waals surface area (Å²) in [6, 6.07) is 0. The van der Waals surface area contributed by atoms with Gasteiger partial charge in [0.2, 0.25) is 0 Å². The van der Waals surface area contributed by atoms with E-state index in [0.29, 0.717) is 12.1 Å². The summed E-state index contributed by atoms with van der Waals surface area (Å²) in [7, 11) is -3.20. The molecule has 0 saturated heterocycles. The average Bonchev–Trinajstić information content (AvgIpc) is 1.94. The van der Waals surface area contributed by atoms with E-state index in [1.54, 1.807) is 6.92 Å². The van der Waals surface area contributed by atoms with Gasteiger partial charge in [0.25, 0.3) is 0 Å². The van der Waals surface area contributed by atoms with Gasteiger partial charge in [0.05, 0.1) is 5.71 Å². The van der Waals surface area contributed by atoms with E-state index in [2.05, 4.69) is 5.16 Å². The normalized spacial score (nSPS) is 16.8. The lowest BCUT2D eigenvalue weighted by atomic mass is 9.87. The summed E-state index contributed by atoms with van der Waals surface area (Å²) in [6.07, 6.45) is 1.59. The first kappa shape index (κ1) is 13.4. The van der Waals surface area contributed by atoms with Crippen molar-refractivity contribution in [2.75, 3.05) is 6.26 Å². The number of hydrogen-bond donors (Lipinski definition) is 1. The predicted molar refractivity (Wildman–Crippen MR) is 57.6 cm³/mol. The van der Waals surface area contributed by atoms with E-state index in [9.17, 15) is 8.42 Å². The first-order valence-corrected chi connectivity index (χ1v) is 6.51. The van der Waals surface area contributed by atoms with Crippen LogP contribution in [0.4, 0.5) is 0 Å². The molecule has 0 bridgehead atoms. The molecule has 84 valence electrons. The minimum Gasteiger partial charge on any atom is -0.411 e. The molecule has 0 aliphatic rings. The molecule has 14 heavy (non-hydrogen) atoms. The highest BCUT2D eigenvalue weighted by Crippen LogP contribution is 2.23. The van der Waals surface area contributed by atoms with E-state index in [0.717, 1.165) is 6.26 Å². The molecule has 0 unspecified atom stereocenters. The van der Waals surface area contributed by atoms with Crippen LogP contribution in [0.3, 0.4) is 0 Å². The summed E-state index contributed by atoms with van der Waals surface area (Å²) >= 11 is 0. The quantitative estimate of drug-likeness (QED) is 0.448. The Morgan fingerprint density at radius 3 is 1.93 bits per heavy atom. The van der Waals surface area contributed by atoms with Gasteiger partial charge in [-0.15, -0.1) is 0 Å². The van der Waals surface area contributed by atoms with Gasteiger partial charge in [-0.05, 0) is 6.42 Å². The summed E-state index contributed by atoms with van der Waals surface area (Å²) in [4.78, 5) is 0. The molecule has 0 aromatic carbocycles. The van der Waals surface area contributed by atoms with Crippen LogP contribution in [0.25, 0.3) is 0 Å². The van der Waals surface area contributed by atoms with Crippen LogP contribution < -0.4 is 0 Å². The SMILES string of the molecule is CC[C@@H](/C(=N\O)C(C)(C)C)S(C)(=O)=O. The second-order valence-electron chi connectivity index (χ2n) is 4.46. The van der Waals surface area contributed by atoms with Gasteiger partial charge in [-0.3, -0.25) is 0 Å². The molecule has 1 N–H and O–H groups in total. The van der Waals surface area contributed by atoms with Crippen molar-refractivity contribution in [2.45, 2.75) is 39.4 Å². The third kappa shape index (κ3) is 3.29. The smallest absolute Gasteiger partial charge is 0.155 e. The van der Waals surface area contributed by atoms with E-state index in [4.69, 9.17) is 5.21 Å². The molecule has 4 nitrogen and oxygen atoms in total. The molecule has 0 saturated carbocycles. The highest BCUT2D eigenvalue weighted by molar-refractivity contribution is 7.92. The molecule has 0 aliphatic carbocycles. The second kappa shape index (κ2) is 4.29. The Bertz CT molecular complexity index is 311. The fourth-order valence-electron chi connectivity index (χ4n) is 1.40. The van der Waals surface area contributed by atoms with E-state index in [-0.39, 0.29) is 0 Å². The minimum atomic E-state index is -3.20. The lowest BCUT2D eigenvalue weighted by Crippen LogP contribution is -2.37. The number of rotatable bonds is 3. The molecule has 0 fully saturated rings. The average molecular weight is 221 g/mol. The highest BCUT2D eigenvalue weighted by atomic mass is 32.2. The van der Waals surface area contributed by atoms with Gasteiger partial charge in [0.1, 0.15) is 5.25 Å². The lowest BCUT2D eigenvalue weighted by molar-refractivity contribution is 0.308. The molecule has 0 aliphatic heterocycles. The van der Waals surface area contributed by atoms with E-state index in [1.807, 2.05) is 20.8 Å². The molecule has 5 heteroatoms. The Labute approximate surface area is 85.9 Å². The standard InChI is InChI=1S/C9H19NO3S/c1-6-7(14(5,12)13)8(10-11)9(2,3)4/h7,11H,6H2,1-5H3/b10-8+/t7-/m0/s1. The second-order valence-corrected chi connectivity index (χ2v) is 6.69. The Morgan fingerprint density at radius 1 is 1.43 bits per heavy atom. The summed E-state index contributed by atoms with van der Waals surface area (Å²) in [5.41, 5.74) is -0.110. The van der Waals surface area contributed by atoms with Crippen LogP contribution in [-0.2, 0) is 9.84 Å². The van der Waals surface area contributed by atoms with Gasteiger partial charge in [0, 0.05) is 11.7 Å². The summed E-state index contributed by atoms with van der Waals surface area (Å²) in [5, 5.41) is 11.3. The van der Waals surface area contributed by atoms with Crippen molar-refractivity contribution >= 4 is 15.5 Å². The van der Waals surface area contributed by atoms with Crippen LogP contribution in [-0.4, -0.2) is 30.8 Å². The van der Waals surface area contributed by atoms with Crippen molar-refractivity contribution < 1.29 is 13.6 Å². The summed E-state index contributed by atoms with van der Waals surface area (Å²) in [6.45, 7) is 7.25. The van der Waals surface area contributed by atoms with Crippen molar-refractivity contribution in [3.63, 3.8) is 0 Å². The van der Waals surface area contributed by atoms with Gasteiger partial charge in [-0.2, -0.15) is 0 Å². The number of sulfone groups is 1. The molecule has 0 heterocycles. The molecule has 0 rings (SSSR count). The summed E-state index contributed by atoms with van der Waals surface area (Å²) < 4.78 is 22.8.